The number of hydrogen-bond acceptors (Lipinski definition) is 6. The molecule has 0 radical (unpaired) electrons. The summed E-state index contributed by atoms with van der Waals surface area (Å²) < 4.78 is 6.37. The van der Waals surface area contributed by atoms with Crippen molar-refractivity contribution in [1.82, 2.24) is 9.97 Å². The van der Waals surface area contributed by atoms with Crippen molar-refractivity contribution in [2.24, 2.45) is 0 Å². The molecular formula is C22H33N5O2Si. The van der Waals surface area contributed by atoms with Gasteiger partial charge < -0.3 is 19.5 Å². The van der Waals surface area contributed by atoms with Crippen LogP contribution in [0.3, 0.4) is 0 Å². The monoisotopic (exact) mass is 427 g/mol. The number of carbonyl (C=O) groups is 1. The fourth-order valence-electron chi connectivity index (χ4n) is 3.05. The van der Waals surface area contributed by atoms with Crippen LogP contribution in [0.25, 0.3) is 0 Å². The van der Waals surface area contributed by atoms with E-state index >= 15 is 0 Å². The van der Waals surface area contributed by atoms with Crippen molar-refractivity contribution in [3.05, 3.63) is 36.0 Å². The van der Waals surface area contributed by atoms with Crippen molar-refractivity contribution in [2.75, 3.05) is 41.8 Å². The minimum Gasteiger partial charge on any atom is -0.544 e. The zero-order valence-corrected chi connectivity index (χ0v) is 20.1. The lowest BCUT2D eigenvalue weighted by atomic mass is 10.2. The van der Waals surface area contributed by atoms with Gasteiger partial charge in [-0.25, -0.2) is 4.98 Å². The van der Waals surface area contributed by atoms with E-state index in [2.05, 4.69) is 49.1 Å². The Morgan fingerprint density at radius 1 is 1.17 bits per heavy atom. The first kappa shape index (κ1) is 22.1. The molecule has 0 bridgehead atoms. The van der Waals surface area contributed by atoms with Crippen molar-refractivity contribution in [3.63, 3.8) is 0 Å². The molecule has 162 valence electrons. The number of anilines is 3. The maximum atomic E-state index is 13.3. The molecule has 0 fully saturated rings. The van der Waals surface area contributed by atoms with Gasteiger partial charge in [0, 0.05) is 38.6 Å². The van der Waals surface area contributed by atoms with Gasteiger partial charge in [0.2, 0.25) is 14.3 Å². The highest BCUT2D eigenvalue weighted by atomic mass is 28.4. The molecule has 8 heteroatoms. The molecular weight excluding hydrogens is 394 g/mol. The fraction of sp³-hybridized carbons (Fsp3) is 0.500. The maximum Gasteiger partial charge on any atom is 0.263 e. The lowest BCUT2D eigenvalue weighted by Gasteiger charge is -2.36. The summed E-state index contributed by atoms with van der Waals surface area (Å²) >= 11 is 0. The molecule has 0 aliphatic carbocycles. The molecule has 0 saturated carbocycles. The van der Waals surface area contributed by atoms with Gasteiger partial charge in [-0.15, -0.1) is 0 Å². The minimum absolute atomic E-state index is 0.0875. The quantitative estimate of drug-likeness (QED) is 0.714. The number of likely N-dealkylation sites (N-methyl/N-ethyl adjacent to an activating group) is 1. The summed E-state index contributed by atoms with van der Waals surface area (Å²) in [5.41, 5.74) is 1.36. The van der Waals surface area contributed by atoms with Crippen LogP contribution in [0.1, 0.15) is 38.1 Å². The molecule has 1 aliphatic heterocycles. The molecule has 7 nitrogen and oxygen atoms in total. The summed E-state index contributed by atoms with van der Waals surface area (Å²) in [5, 5.41) is 3.24. The van der Waals surface area contributed by atoms with Gasteiger partial charge in [-0.2, -0.15) is 4.98 Å². The van der Waals surface area contributed by atoms with E-state index in [1.54, 1.807) is 11.1 Å². The molecule has 1 N–H and O–H groups in total. The Balaban J connectivity index is 1.85. The van der Waals surface area contributed by atoms with Crippen molar-refractivity contribution in [3.8, 4) is 5.75 Å². The van der Waals surface area contributed by atoms with Crippen molar-refractivity contribution >= 4 is 31.7 Å². The molecule has 1 amide bonds. The second kappa shape index (κ2) is 8.26. The summed E-state index contributed by atoms with van der Waals surface area (Å²) in [5.74, 6) is 1.96. The molecule has 1 aromatic carbocycles. The zero-order chi connectivity index (χ0) is 22.1. The van der Waals surface area contributed by atoms with Gasteiger partial charge in [0.1, 0.15) is 17.1 Å². The van der Waals surface area contributed by atoms with Gasteiger partial charge >= 0.3 is 0 Å². The second-order valence-electron chi connectivity index (χ2n) is 9.20. The first-order valence-corrected chi connectivity index (χ1v) is 13.4. The standard InChI is InChI=1S/C22H33N5O2Si/c1-8-23-21-24-15-18-19(25-21)26(5)13-14-27(20(18)28)16-9-11-17(12-10-16)29-30(6,7)22(2,3)4/h9-12,15H,8,13-14H2,1-7H3,(H,23,24,25). The van der Waals surface area contributed by atoms with Gasteiger partial charge in [0.15, 0.2) is 0 Å². The normalized spacial score (nSPS) is 15.0. The molecule has 0 atom stereocenters. The highest BCUT2D eigenvalue weighted by Crippen LogP contribution is 2.37. The predicted molar refractivity (Wildman–Crippen MR) is 125 cm³/mol. The smallest absolute Gasteiger partial charge is 0.263 e. The van der Waals surface area contributed by atoms with Crippen molar-refractivity contribution < 1.29 is 9.22 Å². The van der Waals surface area contributed by atoms with Crippen LogP contribution in [0.15, 0.2) is 30.5 Å². The molecule has 3 rings (SSSR count). The van der Waals surface area contributed by atoms with Gasteiger partial charge in [0.05, 0.1) is 0 Å². The van der Waals surface area contributed by atoms with Crippen LogP contribution in [0.5, 0.6) is 5.75 Å². The number of carbonyl (C=O) groups excluding carboxylic acids is 1. The largest absolute Gasteiger partial charge is 0.544 e. The molecule has 30 heavy (non-hydrogen) atoms. The number of hydrogen-bond donors (Lipinski definition) is 1. The van der Waals surface area contributed by atoms with E-state index in [9.17, 15) is 4.79 Å². The Labute approximate surface area is 180 Å². The van der Waals surface area contributed by atoms with Crippen LogP contribution in [0.4, 0.5) is 17.5 Å². The van der Waals surface area contributed by atoms with E-state index in [1.165, 1.54) is 0 Å². The number of rotatable bonds is 5. The maximum absolute atomic E-state index is 13.3. The number of benzene rings is 1. The second-order valence-corrected chi connectivity index (χ2v) is 13.9. The predicted octanol–water partition coefficient (Wildman–Crippen LogP) is 4.39. The summed E-state index contributed by atoms with van der Waals surface area (Å²) in [4.78, 5) is 25.9. The van der Waals surface area contributed by atoms with E-state index in [4.69, 9.17) is 4.43 Å². The summed E-state index contributed by atoms with van der Waals surface area (Å²) in [6, 6.07) is 7.84. The SMILES string of the molecule is CCNc1ncc2c(n1)N(C)CCN(c1ccc(O[Si](C)(C)C(C)(C)C)cc1)C2=O. The van der Waals surface area contributed by atoms with E-state index in [0.717, 1.165) is 18.0 Å². The molecule has 1 aromatic heterocycles. The Bertz CT molecular complexity index is 909. The third-order valence-electron chi connectivity index (χ3n) is 5.93. The molecule has 2 aromatic rings. The third-order valence-corrected chi connectivity index (χ3v) is 10.3. The Morgan fingerprint density at radius 3 is 2.43 bits per heavy atom. The Hall–Kier alpha value is -2.61. The number of amides is 1. The van der Waals surface area contributed by atoms with Crippen LogP contribution in [0.2, 0.25) is 18.1 Å². The lowest BCUT2D eigenvalue weighted by molar-refractivity contribution is 0.0989. The van der Waals surface area contributed by atoms with Gasteiger partial charge in [-0.3, -0.25) is 4.79 Å². The summed E-state index contributed by atoms with van der Waals surface area (Å²) in [7, 11) is 0.0501. The third kappa shape index (κ3) is 4.43. The van der Waals surface area contributed by atoms with Crippen molar-refractivity contribution in [2.45, 2.75) is 45.8 Å². The van der Waals surface area contributed by atoms with Crippen LogP contribution in [-0.4, -0.2) is 50.9 Å². The minimum atomic E-state index is -1.90. The van der Waals surface area contributed by atoms with Crippen LogP contribution >= 0.6 is 0 Å². The molecule has 1 aliphatic rings. The van der Waals surface area contributed by atoms with Crippen molar-refractivity contribution in [1.29, 1.82) is 0 Å². The van der Waals surface area contributed by atoms with Gasteiger partial charge in [-0.05, 0) is 49.3 Å². The van der Waals surface area contributed by atoms with Crippen LogP contribution < -0.4 is 19.5 Å². The Kier molecular flexibility index (Phi) is 6.08. The lowest BCUT2D eigenvalue weighted by Crippen LogP contribution is -2.43. The Morgan fingerprint density at radius 2 is 1.83 bits per heavy atom. The van der Waals surface area contributed by atoms with Gasteiger partial charge in [-0.1, -0.05) is 20.8 Å². The zero-order valence-electron chi connectivity index (χ0n) is 19.1. The highest BCUT2D eigenvalue weighted by Gasteiger charge is 2.39. The first-order valence-electron chi connectivity index (χ1n) is 10.5. The average molecular weight is 428 g/mol. The molecule has 0 saturated heterocycles. The first-order chi connectivity index (χ1) is 14.0. The summed E-state index contributed by atoms with van der Waals surface area (Å²) in [6.07, 6.45) is 1.62. The highest BCUT2D eigenvalue weighted by molar-refractivity contribution is 6.74. The topological polar surface area (TPSA) is 70.6 Å². The van der Waals surface area contributed by atoms with E-state index < -0.39 is 8.32 Å². The molecule has 0 spiro atoms. The van der Waals surface area contributed by atoms with E-state index in [-0.39, 0.29) is 10.9 Å². The number of nitrogens with one attached hydrogen (secondary N) is 1. The van der Waals surface area contributed by atoms with Crippen LogP contribution in [0, 0.1) is 0 Å². The number of aromatic nitrogens is 2. The number of nitrogens with zero attached hydrogens (tertiary/aromatic N) is 4. The van der Waals surface area contributed by atoms with E-state index in [1.807, 2.05) is 43.1 Å². The average Bonchev–Trinajstić information content (AvgIpc) is 2.79. The molecule has 0 unspecified atom stereocenters. The number of fused-ring (bicyclic) bond motifs is 1. The van der Waals surface area contributed by atoms with Gasteiger partial charge in [0.25, 0.3) is 5.91 Å². The van der Waals surface area contributed by atoms with E-state index in [0.29, 0.717) is 30.4 Å². The molecule has 2 heterocycles. The summed E-state index contributed by atoms with van der Waals surface area (Å²) in [6.45, 7) is 15.1. The fourth-order valence-corrected chi connectivity index (χ4v) is 4.08. The van der Waals surface area contributed by atoms with Crippen LogP contribution in [-0.2, 0) is 0 Å².